The molecule has 1 atom stereocenters. The van der Waals surface area contributed by atoms with Crippen LogP contribution in [0.2, 0.25) is 0 Å². The van der Waals surface area contributed by atoms with Crippen molar-refractivity contribution in [3.8, 4) is 0 Å². The molecule has 0 bridgehead atoms. The molecular weight excluding hydrogens is 304 g/mol. The lowest BCUT2D eigenvalue weighted by atomic mass is 10.1. The first-order valence-electron chi connectivity index (χ1n) is 11.5. The summed E-state index contributed by atoms with van der Waals surface area (Å²) < 4.78 is 0. The van der Waals surface area contributed by atoms with E-state index in [1.54, 1.807) is 0 Å². The molecule has 0 aromatic carbocycles. The number of rotatable bonds is 17. The second-order valence-corrected chi connectivity index (χ2v) is 7.88. The predicted octanol–water partition coefficient (Wildman–Crippen LogP) is 7.31. The lowest BCUT2D eigenvalue weighted by molar-refractivity contribution is 0.142. The van der Waals surface area contributed by atoms with E-state index in [9.17, 15) is 0 Å². The van der Waals surface area contributed by atoms with E-state index >= 15 is 0 Å². The van der Waals surface area contributed by atoms with Crippen LogP contribution in [0.1, 0.15) is 117 Å². The van der Waals surface area contributed by atoms with Crippen molar-refractivity contribution in [2.24, 2.45) is 0 Å². The van der Waals surface area contributed by atoms with Gasteiger partial charge in [-0.15, -0.1) is 0 Å². The van der Waals surface area contributed by atoms with Gasteiger partial charge in [-0.05, 0) is 26.2 Å². The molecule has 0 amide bonds. The summed E-state index contributed by atoms with van der Waals surface area (Å²) in [6.45, 7) is 9.28. The summed E-state index contributed by atoms with van der Waals surface area (Å²) in [6.07, 6.45) is 26.4. The zero-order valence-corrected chi connectivity index (χ0v) is 17.6. The van der Waals surface area contributed by atoms with Crippen LogP contribution in [0.3, 0.4) is 0 Å². The minimum Gasteiger partial charge on any atom is -0.356 e. The normalized spacial score (nSPS) is 17.0. The number of unbranched alkanes of at least 4 members (excludes halogenated alkanes) is 12. The summed E-state index contributed by atoms with van der Waals surface area (Å²) in [5.74, 6) is 0. The molecule has 0 aromatic rings. The van der Waals surface area contributed by atoms with E-state index < -0.39 is 0 Å². The molecule has 0 spiro atoms. The molecule has 1 rings (SSSR count). The van der Waals surface area contributed by atoms with Crippen LogP contribution in [-0.4, -0.2) is 29.1 Å². The molecule has 148 valence electrons. The first-order valence-corrected chi connectivity index (χ1v) is 11.5. The van der Waals surface area contributed by atoms with Crippen LogP contribution in [0.4, 0.5) is 0 Å². The molecule has 0 N–H and O–H groups in total. The standard InChI is InChI=1S/C23H46N2/c1-4-7-9-11-13-14-16-18-20-25-22-21-24(6-3)23(25)19-17-15-12-10-8-5-2/h21-23H,4-20H2,1-3H3. The van der Waals surface area contributed by atoms with E-state index in [1.807, 2.05) is 0 Å². The maximum absolute atomic E-state index is 2.62. The SMILES string of the molecule is CCCCCCCCCCN1C=CN(CC)C1CCCCCCCC. The van der Waals surface area contributed by atoms with Gasteiger partial charge in [0.2, 0.25) is 0 Å². The zero-order valence-electron chi connectivity index (χ0n) is 17.6. The molecule has 0 radical (unpaired) electrons. The van der Waals surface area contributed by atoms with Crippen molar-refractivity contribution in [2.45, 2.75) is 123 Å². The third-order valence-corrected chi connectivity index (χ3v) is 5.67. The van der Waals surface area contributed by atoms with Gasteiger partial charge >= 0.3 is 0 Å². The second kappa shape index (κ2) is 15.6. The Labute approximate surface area is 159 Å². The Morgan fingerprint density at radius 1 is 0.560 bits per heavy atom. The van der Waals surface area contributed by atoms with Gasteiger partial charge in [0, 0.05) is 25.5 Å². The van der Waals surface area contributed by atoms with Gasteiger partial charge in [0.25, 0.3) is 0 Å². The van der Waals surface area contributed by atoms with Crippen LogP contribution in [-0.2, 0) is 0 Å². The molecule has 25 heavy (non-hydrogen) atoms. The molecule has 0 fully saturated rings. The fourth-order valence-corrected chi connectivity index (χ4v) is 3.97. The van der Waals surface area contributed by atoms with Crippen molar-refractivity contribution in [3.63, 3.8) is 0 Å². The van der Waals surface area contributed by atoms with Crippen molar-refractivity contribution in [1.29, 1.82) is 0 Å². The van der Waals surface area contributed by atoms with Gasteiger partial charge in [0.1, 0.15) is 6.17 Å². The fourth-order valence-electron chi connectivity index (χ4n) is 3.97. The van der Waals surface area contributed by atoms with Crippen LogP contribution in [0.5, 0.6) is 0 Å². The first-order chi connectivity index (χ1) is 12.3. The van der Waals surface area contributed by atoms with Gasteiger partial charge in [-0.3, -0.25) is 0 Å². The van der Waals surface area contributed by atoms with Crippen LogP contribution in [0, 0.1) is 0 Å². The van der Waals surface area contributed by atoms with E-state index in [0.717, 1.165) is 6.54 Å². The van der Waals surface area contributed by atoms with E-state index in [2.05, 4.69) is 43.0 Å². The van der Waals surface area contributed by atoms with Gasteiger partial charge in [0.15, 0.2) is 0 Å². The molecular formula is C23H46N2. The Morgan fingerprint density at radius 2 is 1.04 bits per heavy atom. The molecule has 1 aliphatic rings. The molecule has 1 unspecified atom stereocenters. The maximum atomic E-state index is 2.62. The third-order valence-electron chi connectivity index (χ3n) is 5.67. The maximum Gasteiger partial charge on any atom is 0.101 e. The van der Waals surface area contributed by atoms with Crippen molar-refractivity contribution in [2.75, 3.05) is 13.1 Å². The number of hydrogen-bond acceptors (Lipinski definition) is 2. The van der Waals surface area contributed by atoms with Gasteiger partial charge < -0.3 is 9.80 Å². The molecule has 2 heteroatoms. The molecule has 1 aliphatic heterocycles. The summed E-state index contributed by atoms with van der Waals surface area (Å²) in [6, 6.07) is 0. The highest BCUT2D eigenvalue weighted by Gasteiger charge is 2.23. The summed E-state index contributed by atoms with van der Waals surface area (Å²) >= 11 is 0. The van der Waals surface area contributed by atoms with Crippen molar-refractivity contribution in [1.82, 2.24) is 9.80 Å². The zero-order chi connectivity index (χ0) is 18.2. The Balaban J connectivity index is 2.12. The average molecular weight is 351 g/mol. The minimum absolute atomic E-state index is 0.640. The molecule has 1 heterocycles. The Hall–Kier alpha value is -0.660. The Morgan fingerprint density at radius 3 is 1.60 bits per heavy atom. The average Bonchev–Trinajstić information content (AvgIpc) is 3.02. The molecule has 0 saturated heterocycles. The van der Waals surface area contributed by atoms with E-state index in [1.165, 1.54) is 103 Å². The second-order valence-electron chi connectivity index (χ2n) is 7.88. The van der Waals surface area contributed by atoms with Crippen molar-refractivity contribution < 1.29 is 0 Å². The number of nitrogens with zero attached hydrogens (tertiary/aromatic N) is 2. The summed E-state index contributed by atoms with van der Waals surface area (Å²) in [7, 11) is 0. The van der Waals surface area contributed by atoms with Crippen LogP contribution >= 0.6 is 0 Å². The van der Waals surface area contributed by atoms with Crippen LogP contribution in [0.25, 0.3) is 0 Å². The molecule has 0 aromatic heterocycles. The Kier molecular flexibility index (Phi) is 14.0. The van der Waals surface area contributed by atoms with Crippen LogP contribution < -0.4 is 0 Å². The van der Waals surface area contributed by atoms with Crippen molar-refractivity contribution >= 4 is 0 Å². The lowest BCUT2D eigenvalue weighted by Crippen LogP contribution is -2.38. The lowest BCUT2D eigenvalue weighted by Gasteiger charge is -2.32. The van der Waals surface area contributed by atoms with Gasteiger partial charge in [0.05, 0.1) is 0 Å². The third kappa shape index (κ3) is 10.2. The summed E-state index contributed by atoms with van der Waals surface area (Å²) in [5, 5.41) is 0. The highest BCUT2D eigenvalue weighted by atomic mass is 15.4. The summed E-state index contributed by atoms with van der Waals surface area (Å²) in [4.78, 5) is 5.16. The molecule has 0 saturated carbocycles. The number of hydrogen-bond donors (Lipinski definition) is 0. The topological polar surface area (TPSA) is 6.48 Å². The van der Waals surface area contributed by atoms with E-state index in [4.69, 9.17) is 0 Å². The Bertz CT molecular complexity index is 313. The predicted molar refractivity (Wildman–Crippen MR) is 113 cm³/mol. The smallest absolute Gasteiger partial charge is 0.101 e. The van der Waals surface area contributed by atoms with Crippen LogP contribution in [0.15, 0.2) is 12.4 Å². The summed E-state index contributed by atoms with van der Waals surface area (Å²) in [5.41, 5.74) is 0. The highest BCUT2D eigenvalue weighted by Crippen LogP contribution is 2.22. The van der Waals surface area contributed by atoms with E-state index in [0.29, 0.717) is 6.17 Å². The van der Waals surface area contributed by atoms with E-state index in [-0.39, 0.29) is 0 Å². The fraction of sp³-hybridized carbons (Fsp3) is 0.913. The molecule has 0 aliphatic carbocycles. The largest absolute Gasteiger partial charge is 0.356 e. The quantitative estimate of drug-likeness (QED) is 0.254. The monoisotopic (exact) mass is 350 g/mol. The van der Waals surface area contributed by atoms with Gasteiger partial charge in [-0.2, -0.15) is 0 Å². The minimum atomic E-state index is 0.640. The van der Waals surface area contributed by atoms with Gasteiger partial charge in [-0.1, -0.05) is 90.9 Å². The molecule has 2 nitrogen and oxygen atoms in total. The first kappa shape index (κ1) is 22.4. The van der Waals surface area contributed by atoms with Crippen molar-refractivity contribution in [3.05, 3.63) is 12.4 Å². The van der Waals surface area contributed by atoms with Gasteiger partial charge in [-0.25, -0.2) is 0 Å². The highest BCUT2D eigenvalue weighted by molar-refractivity contribution is 4.96.